The lowest BCUT2D eigenvalue weighted by Crippen LogP contribution is -2.23. The molecule has 0 saturated heterocycles. The Morgan fingerprint density at radius 2 is 1.58 bits per heavy atom. The zero-order valence-electron chi connectivity index (χ0n) is 13.6. The second-order valence-corrected chi connectivity index (χ2v) is 5.88. The fraction of sp³-hybridized carbons (Fsp3) is 0.0952. The van der Waals surface area contributed by atoms with Crippen LogP contribution in [-0.4, -0.2) is 5.91 Å². The van der Waals surface area contributed by atoms with Gasteiger partial charge in [-0.2, -0.15) is 0 Å². The standard InChI is InChI=1S/C21H20N2O/c1-15-11-19(13-20(22)12-15)21(24)23-14-16-7-9-18(10-8-16)17-5-3-2-4-6-17/h2-13H,14,22H2,1H3,(H,23,24). The first-order chi connectivity index (χ1) is 11.6. The van der Waals surface area contributed by atoms with Crippen LogP contribution in [0.25, 0.3) is 11.1 Å². The van der Waals surface area contributed by atoms with Crippen LogP contribution in [0.15, 0.2) is 72.8 Å². The summed E-state index contributed by atoms with van der Waals surface area (Å²) in [5.74, 6) is -0.113. The third-order valence-corrected chi connectivity index (χ3v) is 3.88. The molecule has 0 saturated carbocycles. The van der Waals surface area contributed by atoms with Gasteiger partial charge in [-0.05, 0) is 47.4 Å². The maximum absolute atomic E-state index is 12.2. The molecule has 0 aliphatic heterocycles. The van der Waals surface area contributed by atoms with Crippen LogP contribution in [-0.2, 0) is 6.54 Å². The van der Waals surface area contributed by atoms with Crippen LogP contribution in [0.2, 0.25) is 0 Å². The van der Waals surface area contributed by atoms with Crippen molar-refractivity contribution in [3.05, 3.63) is 89.5 Å². The molecule has 3 nitrogen and oxygen atoms in total. The van der Waals surface area contributed by atoms with Crippen LogP contribution in [0.4, 0.5) is 5.69 Å². The van der Waals surface area contributed by atoms with Crippen LogP contribution in [0, 0.1) is 6.92 Å². The fourth-order valence-electron chi connectivity index (χ4n) is 2.67. The van der Waals surface area contributed by atoms with Gasteiger partial charge >= 0.3 is 0 Å². The Balaban J connectivity index is 1.65. The van der Waals surface area contributed by atoms with Gasteiger partial charge in [-0.3, -0.25) is 4.79 Å². The molecule has 0 unspecified atom stereocenters. The van der Waals surface area contributed by atoms with E-state index >= 15 is 0 Å². The van der Waals surface area contributed by atoms with Gasteiger partial charge in [0.05, 0.1) is 0 Å². The van der Waals surface area contributed by atoms with Crippen molar-refractivity contribution in [1.29, 1.82) is 0 Å². The van der Waals surface area contributed by atoms with Crippen LogP contribution in [0.3, 0.4) is 0 Å². The molecule has 1 amide bonds. The van der Waals surface area contributed by atoms with Gasteiger partial charge in [-0.1, -0.05) is 54.6 Å². The molecule has 0 aromatic heterocycles. The lowest BCUT2D eigenvalue weighted by molar-refractivity contribution is 0.0951. The Hall–Kier alpha value is -3.07. The van der Waals surface area contributed by atoms with E-state index in [2.05, 4.69) is 29.6 Å². The van der Waals surface area contributed by atoms with E-state index in [-0.39, 0.29) is 5.91 Å². The van der Waals surface area contributed by atoms with Gasteiger partial charge < -0.3 is 11.1 Å². The molecule has 3 aromatic rings. The van der Waals surface area contributed by atoms with E-state index in [1.807, 2.05) is 49.4 Å². The van der Waals surface area contributed by atoms with Gasteiger partial charge in [0.25, 0.3) is 5.91 Å². The second kappa shape index (κ2) is 7.01. The highest BCUT2D eigenvalue weighted by Crippen LogP contribution is 2.19. The van der Waals surface area contributed by atoms with E-state index in [1.165, 1.54) is 5.56 Å². The largest absolute Gasteiger partial charge is 0.399 e. The van der Waals surface area contributed by atoms with Crippen molar-refractivity contribution < 1.29 is 4.79 Å². The van der Waals surface area contributed by atoms with E-state index in [4.69, 9.17) is 5.73 Å². The Morgan fingerprint density at radius 3 is 2.25 bits per heavy atom. The van der Waals surface area contributed by atoms with Gasteiger partial charge in [-0.25, -0.2) is 0 Å². The minimum absolute atomic E-state index is 0.113. The molecule has 0 atom stereocenters. The monoisotopic (exact) mass is 316 g/mol. The zero-order chi connectivity index (χ0) is 16.9. The molecule has 0 aliphatic rings. The van der Waals surface area contributed by atoms with Gasteiger partial charge in [0.15, 0.2) is 0 Å². The summed E-state index contributed by atoms with van der Waals surface area (Å²) < 4.78 is 0. The molecule has 0 radical (unpaired) electrons. The Labute approximate surface area is 142 Å². The summed E-state index contributed by atoms with van der Waals surface area (Å²) in [4.78, 5) is 12.2. The summed E-state index contributed by atoms with van der Waals surface area (Å²) in [6, 6.07) is 23.8. The van der Waals surface area contributed by atoms with E-state index in [1.54, 1.807) is 6.07 Å². The average molecular weight is 316 g/mol. The molecule has 0 spiro atoms. The Bertz CT molecular complexity index is 819. The fourth-order valence-corrected chi connectivity index (χ4v) is 2.67. The number of hydrogen-bond donors (Lipinski definition) is 2. The van der Waals surface area contributed by atoms with Crippen molar-refractivity contribution in [2.75, 3.05) is 5.73 Å². The number of rotatable bonds is 4. The maximum atomic E-state index is 12.2. The van der Waals surface area contributed by atoms with Crippen molar-refractivity contribution in [1.82, 2.24) is 5.32 Å². The third kappa shape index (κ3) is 3.82. The predicted molar refractivity (Wildman–Crippen MR) is 98.6 cm³/mol. The van der Waals surface area contributed by atoms with Gasteiger partial charge in [-0.15, -0.1) is 0 Å². The first kappa shape index (κ1) is 15.8. The predicted octanol–water partition coefficient (Wildman–Crippen LogP) is 4.17. The smallest absolute Gasteiger partial charge is 0.251 e. The molecule has 0 aliphatic carbocycles. The number of anilines is 1. The summed E-state index contributed by atoms with van der Waals surface area (Å²) in [6.07, 6.45) is 0. The molecule has 120 valence electrons. The van der Waals surface area contributed by atoms with Crippen molar-refractivity contribution in [3.8, 4) is 11.1 Å². The highest BCUT2D eigenvalue weighted by atomic mass is 16.1. The van der Waals surface area contributed by atoms with E-state index in [9.17, 15) is 4.79 Å². The second-order valence-electron chi connectivity index (χ2n) is 5.88. The molecule has 3 heteroatoms. The van der Waals surface area contributed by atoms with Crippen LogP contribution >= 0.6 is 0 Å². The lowest BCUT2D eigenvalue weighted by Gasteiger charge is -2.08. The zero-order valence-corrected chi connectivity index (χ0v) is 13.6. The van der Waals surface area contributed by atoms with Crippen LogP contribution < -0.4 is 11.1 Å². The SMILES string of the molecule is Cc1cc(N)cc(C(=O)NCc2ccc(-c3ccccc3)cc2)c1. The summed E-state index contributed by atoms with van der Waals surface area (Å²) >= 11 is 0. The highest BCUT2D eigenvalue weighted by molar-refractivity contribution is 5.95. The number of nitrogen functional groups attached to an aromatic ring is 1. The number of nitrogens with one attached hydrogen (secondary N) is 1. The van der Waals surface area contributed by atoms with Crippen molar-refractivity contribution in [3.63, 3.8) is 0 Å². The van der Waals surface area contributed by atoms with Gasteiger partial charge in [0.1, 0.15) is 0 Å². The number of nitrogens with two attached hydrogens (primary N) is 1. The number of aryl methyl sites for hydroxylation is 1. The number of carbonyl (C=O) groups excluding carboxylic acids is 1. The quantitative estimate of drug-likeness (QED) is 0.710. The summed E-state index contributed by atoms with van der Waals surface area (Å²) in [5.41, 5.74) is 11.4. The van der Waals surface area contributed by atoms with Crippen molar-refractivity contribution in [2.24, 2.45) is 0 Å². The molecular weight excluding hydrogens is 296 g/mol. The van der Waals surface area contributed by atoms with Crippen LogP contribution in [0.1, 0.15) is 21.5 Å². The number of amides is 1. The minimum atomic E-state index is -0.113. The topological polar surface area (TPSA) is 55.1 Å². The van der Waals surface area contributed by atoms with Crippen molar-refractivity contribution >= 4 is 11.6 Å². The van der Waals surface area contributed by atoms with E-state index in [0.29, 0.717) is 17.8 Å². The summed E-state index contributed by atoms with van der Waals surface area (Å²) in [5, 5.41) is 2.93. The van der Waals surface area contributed by atoms with E-state index < -0.39 is 0 Å². The summed E-state index contributed by atoms with van der Waals surface area (Å²) in [7, 11) is 0. The normalized spacial score (nSPS) is 10.4. The highest BCUT2D eigenvalue weighted by Gasteiger charge is 2.07. The summed E-state index contributed by atoms with van der Waals surface area (Å²) in [6.45, 7) is 2.41. The first-order valence-electron chi connectivity index (χ1n) is 7.91. The molecule has 24 heavy (non-hydrogen) atoms. The van der Waals surface area contributed by atoms with Crippen molar-refractivity contribution in [2.45, 2.75) is 13.5 Å². The first-order valence-corrected chi connectivity index (χ1v) is 7.91. The molecule has 3 rings (SSSR count). The number of hydrogen-bond acceptors (Lipinski definition) is 2. The minimum Gasteiger partial charge on any atom is -0.399 e. The molecule has 3 N–H and O–H groups in total. The number of benzene rings is 3. The Morgan fingerprint density at radius 1 is 0.917 bits per heavy atom. The Kier molecular flexibility index (Phi) is 4.62. The molecule has 3 aromatic carbocycles. The van der Waals surface area contributed by atoms with Gasteiger partial charge in [0.2, 0.25) is 0 Å². The number of carbonyl (C=O) groups is 1. The average Bonchev–Trinajstić information content (AvgIpc) is 2.60. The lowest BCUT2D eigenvalue weighted by atomic mass is 10.0. The molecular formula is C21H20N2O. The third-order valence-electron chi connectivity index (χ3n) is 3.88. The van der Waals surface area contributed by atoms with Gasteiger partial charge in [0, 0.05) is 17.8 Å². The van der Waals surface area contributed by atoms with E-state index in [0.717, 1.165) is 16.7 Å². The maximum Gasteiger partial charge on any atom is 0.251 e. The molecule has 0 bridgehead atoms. The molecule has 0 heterocycles. The molecule has 0 fully saturated rings. The van der Waals surface area contributed by atoms with Crippen LogP contribution in [0.5, 0.6) is 0 Å².